The molecule has 0 heterocycles. The Hall–Kier alpha value is -0.0400. The minimum Gasteiger partial charge on any atom is -0.306 e. The van der Waals surface area contributed by atoms with Gasteiger partial charge in [-0.2, -0.15) is 0 Å². The SMILES string of the molecule is CC(CCCCCN(C)CC(C)(C)C)C(C)C(C)(C)C. The molecule has 0 rings (SSSR count). The zero-order chi connectivity index (χ0) is 16.0. The van der Waals surface area contributed by atoms with Gasteiger partial charge in [0.25, 0.3) is 0 Å². The summed E-state index contributed by atoms with van der Waals surface area (Å²) in [6.07, 6.45) is 5.52. The highest BCUT2D eigenvalue weighted by Gasteiger charge is 2.24. The van der Waals surface area contributed by atoms with Crippen LogP contribution in [-0.4, -0.2) is 25.0 Å². The zero-order valence-corrected chi connectivity index (χ0v) is 15.8. The topological polar surface area (TPSA) is 3.24 Å². The van der Waals surface area contributed by atoms with Crippen LogP contribution in [0.1, 0.15) is 81.1 Å². The van der Waals surface area contributed by atoms with Crippen LogP contribution >= 0.6 is 0 Å². The van der Waals surface area contributed by atoms with Crippen LogP contribution in [0.3, 0.4) is 0 Å². The summed E-state index contributed by atoms with van der Waals surface area (Å²) in [5.74, 6) is 1.66. The van der Waals surface area contributed by atoms with Gasteiger partial charge in [0.15, 0.2) is 0 Å². The van der Waals surface area contributed by atoms with E-state index in [4.69, 9.17) is 0 Å². The molecular weight excluding hydrogens is 242 g/mol. The van der Waals surface area contributed by atoms with E-state index in [0.29, 0.717) is 10.8 Å². The Morgan fingerprint density at radius 1 is 0.850 bits per heavy atom. The van der Waals surface area contributed by atoms with Crippen LogP contribution < -0.4 is 0 Å². The Labute approximate surface area is 129 Å². The monoisotopic (exact) mass is 283 g/mol. The van der Waals surface area contributed by atoms with Crippen molar-refractivity contribution >= 4 is 0 Å². The van der Waals surface area contributed by atoms with Gasteiger partial charge in [-0.25, -0.2) is 0 Å². The lowest BCUT2D eigenvalue weighted by atomic mass is 9.73. The van der Waals surface area contributed by atoms with Crippen molar-refractivity contribution in [2.45, 2.75) is 81.1 Å². The first kappa shape index (κ1) is 20.0. The molecule has 0 amide bonds. The highest BCUT2D eigenvalue weighted by atomic mass is 15.1. The van der Waals surface area contributed by atoms with Gasteiger partial charge in [-0.1, -0.05) is 74.7 Å². The number of rotatable bonds is 8. The lowest BCUT2D eigenvalue weighted by Gasteiger charge is -2.32. The maximum Gasteiger partial charge on any atom is 0.00270 e. The van der Waals surface area contributed by atoms with E-state index in [0.717, 1.165) is 11.8 Å². The predicted octanol–water partition coefficient (Wildman–Crippen LogP) is 5.84. The summed E-state index contributed by atoms with van der Waals surface area (Å²) >= 11 is 0. The van der Waals surface area contributed by atoms with Crippen LogP contribution in [-0.2, 0) is 0 Å². The molecule has 2 atom stereocenters. The van der Waals surface area contributed by atoms with E-state index in [1.165, 1.54) is 38.8 Å². The molecule has 0 saturated carbocycles. The average Bonchev–Trinajstić information content (AvgIpc) is 2.23. The van der Waals surface area contributed by atoms with E-state index in [1.807, 2.05) is 0 Å². The first-order valence-electron chi connectivity index (χ1n) is 8.62. The second kappa shape index (κ2) is 8.41. The molecule has 122 valence electrons. The van der Waals surface area contributed by atoms with Gasteiger partial charge >= 0.3 is 0 Å². The Morgan fingerprint density at radius 2 is 1.40 bits per heavy atom. The van der Waals surface area contributed by atoms with Crippen molar-refractivity contribution in [3.63, 3.8) is 0 Å². The number of hydrogen-bond donors (Lipinski definition) is 0. The Kier molecular flexibility index (Phi) is 8.40. The molecule has 2 unspecified atom stereocenters. The third kappa shape index (κ3) is 9.80. The normalized spacial score (nSPS) is 16.5. The third-order valence-corrected chi connectivity index (χ3v) is 4.66. The average molecular weight is 284 g/mol. The van der Waals surface area contributed by atoms with E-state index < -0.39 is 0 Å². The molecule has 1 nitrogen and oxygen atoms in total. The fraction of sp³-hybridized carbons (Fsp3) is 1.00. The molecule has 0 aliphatic heterocycles. The van der Waals surface area contributed by atoms with Crippen LogP contribution in [0, 0.1) is 22.7 Å². The van der Waals surface area contributed by atoms with E-state index >= 15 is 0 Å². The summed E-state index contributed by atoms with van der Waals surface area (Å²) < 4.78 is 0. The second-order valence-corrected chi connectivity index (χ2v) is 9.28. The van der Waals surface area contributed by atoms with Crippen LogP contribution in [0.25, 0.3) is 0 Å². The lowest BCUT2D eigenvalue weighted by molar-refractivity contribution is 0.176. The highest BCUT2D eigenvalue weighted by molar-refractivity contribution is 4.74. The summed E-state index contributed by atoms with van der Waals surface area (Å²) in [4.78, 5) is 2.49. The fourth-order valence-corrected chi connectivity index (χ4v) is 3.02. The molecule has 0 bridgehead atoms. The maximum absolute atomic E-state index is 2.49. The van der Waals surface area contributed by atoms with Gasteiger partial charge in [-0.3, -0.25) is 0 Å². The molecule has 0 radical (unpaired) electrons. The van der Waals surface area contributed by atoms with Crippen molar-refractivity contribution < 1.29 is 0 Å². The highest BCUT2D eigenvalue weighted by Crippen LogP contribution is 2.33. The third-order valence-electron chi connectivity index (χ3n) is 4.66. The number of unbranched alkanes of at least 4 members (excludes halogenated alkanes) is 2. The Balaban J connectivity index is 3.72. The predicted molar refractivity (Wildman–Crippen MR) is 93.2 cm³/mol. The summed E-state index contributed by atoms with van der Waals surface area (Å²) in [5.41, 5.74) is 0.873. The number of nitrogens with zero attached hydrogens (tertiary/aromatic N) is 1. The first-order valence-corrected chi connectivity index (χ1v) is 8.62. The molecule has 0 aliphatic carbocycles. The molecular formula is C19H41N. The van der Waals surface area contributed by atoms with E-state index in [9.17, 15) is 0 Å². The smallest absolute Gasteiger partial charge is 0.00270 e. The molecule has 20 heavy (non-hydrogen) atoms. The fourth-order valence-electron chi connectivity index (χ4n) is 3.02. The largest absolute Gasteiger partial charge is 0.306 e. The minimum absolute atomic E-state index is 0.422. The van der Waals surface area contributed by atoms with E-state index in [1.54, 1.807) is 0 Å². The Bertz CT molecular complexity index is 243. The molecule has 0 saturated heterocycles. The summed E-state index contributed by atoms with van der Waals surface area (Å²) in [5, 5.41) is 0. The molecule has 0 fully saturated rings. The zero-order valence-electron chi connectivity index (χ0n) is 15.8. The molecule has 0 aromatic heterocycles. The summed E-state index contributed by atoms with van der Waals surface area (Å²) in [6, 6.07) is 0. The first-order chi connectivity index (χ1) is 8.93. The lowest BCUT2D eigenvalue weighted by Crippen LogP contribution is -2.30. The molecule has 1 heteroatoms. The molecule has 0 spiro atoms. The van der Waals surface area contributed by atoms with Crippen molar-refractivity contribution in [1.29, 1.82) is 0 Å². The second-order valence-electron chi connectivity index (χ2n) is 9.28. The van der Waals surface area contributed by atoms with Gasteiger partial charge in [-0.05, 0) is 42.7 Å². The van der Waals surface area contributed by atoms with Gasteiger partial charge in [0.05, 0.1) is 0 Å². The molecule has 0 aliphatic rings. The molecule has 0 aromatic carbocycles. The number of hydrogen-bond acceptors (Lipinski definition) is 1. The minimum atomic E-state index is 0.422. The van der Waals surface area contributed by atoms with Crippen LogP contribution in [0.4, 0.5) is 0 Å². The van der Waals surface area contributed by atoms with Crippen LogP contribution in [0.15, 0.2) is 0 Å². The van der Waals surface area contributed by atoms with Gasteiger partial charge in [0.1, 0.15) is 0 Å². The van der Waals surface area contributed by atoms with Crippen molar-refractivity contribution in [2.24, 2.45) is 22.7 Å². The standard InChI is InChI=1S/C19H41N/c1-16(17(2)19(6,7)8)13-11-10-12-14-20(9)15-18(3,4)5/h16-17H,10-15H2,1-9H3. The van der Waals surface area contributed by atoms with Gasteiger partial charge in [0.2, 0.25) is 0 Å². The maximum atomic E-state index is 2.49. The van der Waals surface area contributed by atoms with E-state index in [-0.39, 0.29) is 0 Å². The van der Waals surface area contributed by atoms with Crippen LogP contribution in [0.2, 0.25) is 0 Å². The quantitative estimate of drug-likeness (QED) is 0.506. The summed E-state index contributed by atoms with van der Waals surface area (Å²) in [6.45, 7) is 21.4. The van der Waals surface area contributed by atoms with Crippen molar-refractivity contribution in [3.05, 3.63) is 0 Å². The Morgan fingerprint density at radius 3 is 1.85 bits per heavy atom. The molecule has 0 aromatic rings. The summed E-state index contributed by atoms with van der Waals surface area (Å²) in [7, 11) is 2.26. The van der Waals surface area contributed by atoms with Crippen LogP contribution in [0.5, 0.6) is 0 Å². The van der Waals surface area contributed by atoms with Crippen molar-refractivity contribution in [2.75, 3.05) is 20.1 Å². The van der Waals surface area contributed by atoms with Crippen molar-refractivity contribution in [1.82, 2.24) is 4.90 Å². The molecule has 0 N–H and O–H groups in total. The van der Waals surface area contributed by atoms with Gasteiger partial charge in [0, 0.05) is 6.54 Å². The van der Waals surface area contributed by atoms with Gasteiger partial charge < -0.3 is 4.90 Å². The van der Waals surface area contributed by atoms with Crippen molar-refractivity contribution in [3.8, 4) is 0 Å². The van der Waals surface area contributed by atoms with E-state index in [2.05, 4.69) is 67.3 Å². The van der Waals surface area contributed by atoms with Gasteiger partial charge in [-0.15, -0.1) is 0 Å².